The van der Waals surface area contributed by atoms with E-state index in [1.165, 1.54) is 18.2 Å². The Morgan fingerprint density at radius 1 is 1.14 bits per heavy atom. The van der Waals surface area contributed by atoms with Gasteiger partial charge in [-0.05, 0) is 31.5 Å². The van der Waals surface area contributed by atoms with Gasteiger partial charge in [0.1, 0.15) is 12.9 Å². The predicted molar refractivity (Wildman–Crippen MR) is 78.7 cm³/mol. The molecule has 5 nitrogen and oxygen atoms in total. The highest BCUT2D eigenvalue weighted by atomic mass is 16.6. The lowest BCUT2D eigenvalue weighted by Crippen LogP contribution is -2.00. The summed E-state index contributed by atoms with van der Waals surface area (Å²) >= 11 is 0. The Morgan fingerprint density at radius 3 is 2.38 bits per heavy atom. The molecule has 0 N–H and O–H groups in total. The van der Waals surface area contributed by atoms with Gasteiger partial charge in [0, 0.05) is 11.6 Å². The van der Waals surface area contributed by atoms with Gasteiger partial charge in [-0.15, -0.1) is 0 Å². The highest BCUT2D eigenvalue weighted by Gasteiger charge is 2.16. The molecule has 0 heterocycles. The molecule has 2 aromatic rings. The molecule has 0 aliphatic carbocycles. The van der Waals surface area contributed by atoms with Crippen LogP contribution in [-0.4, -0.2) is 11.2 Å². The fourth-order valence-corrected chi connectivity index (χ4v) is 2.19. The molecule has 2 rings (SSSR count). The number of ether oxygens (including phenoxy) is 1. The van der Waals surface area contributed by atoms with Crippen LogP contribution in [0, 0.1) is 24.0 Å². The summed E-state index contributed by atoms with van der Waals surface area (Å²) in [4.78, 5) is 21.2. The number of carbonyl (C=O) groups is 1. The summed E-state index contributed by atoms with van der Waals surface area (Å²) < 4.78 is 5.54. The first-order valence-corrected chi connectivity index (χ1v) is 6.43. The molecule has 0 radical (unpaired) electrons. The van der Waals surface area contributed by atoms with E-state index in [0.717, 1.165) is 16.7 Å². The van der Waals surface area contributed by atoms with Gasteiger partial charge in [0.25, 0.3) is 0 Å². The zero-order chi connectivity index (χ0) is 15.4. The van der Waals surface area contributed by atoms with Gasteiger partial charge in [-0.1, -0.05) is 29.3 Å². The van der Waals surface area contributed by atoms with Crippen LogP contribution in [0.2, 0.25) is 0 Å². The molecule has 0 aromatic heterocycles. The second kappa shape index (κ2) is 6.17. The molecule has 0 saturated carbocycles. The minimum atomic E-state index is -0.552. The van der Waals surface area contributed by atoms with Gasteiger partial charge < -0.3 is 4.74 Å². The summed E-state index contributed by atoms with van der Waals surface area (Å²) in [5, 5.41) is 11.0. The van der Waals surface area contributed by atoms with Crippen molar-refractivity contribution in [2.75, 3.05) is 0 Å². The van der Waals surface area contributed by atoms with E-state index < -0.39 is 4.92 Å². The smallest absolute Gasteiger partial charge is 0.311 e. The summed E-state index contributed by atoms with van der Waals surface area (Å²) in [5.41, 5.74) is 3.21. The molecular formula is C16H15NO4. The molecule has 0 fully saturated rings. The van der Waals surface area contributed by atoms with Crippen LogP contribution in [-0.2, 0) is 6.61 Å². The van der Waals surface area contributed by atoms with Gasteiger partial charge in [-0.2, -0.15) is 0 Å². The van der Waals surface area contributed by atoms with Gasteiger partial charge in [0.05, 0.1) is 4.92 Å². The third-order valence-electron chi connectivity index (χ3n) is 2.99. The Labute approximate surface area is 122 Å². The molecule has 0 amide bonds. The first-order valence-electron chi connectivity index (χ1n) is 6.43. The average molecular weight is 285 g/mol. The summed E-state index contributed by atoms with van der Waals surface area (Å²) in [6.45, 7) is 4.21. The van der Waals surface area contributed by atoms with Crippen LogP contribution >= 0.6 is 0 Å². The summed E-state index contributed by atoms with van der Waals surface area (Å²) in [5.74, 6) is 0.157. The summed E-state index contributed by atoms with van der Waals surface area (Å²) in [6.07, 6.45) is 0.570. The third kappa shape index (κ3) is 3.66. The Bertz CT molecular complexity index is 674. The van der Waals surface area contributed by atoms with E-state index in [-0.39, 0.29) is 23.6 Å². The van der Waals surface area contributed by atoms with Crippen LogP contribution < -0.4 is 4.74 Å². The second-order valence-corrected chi connectivity index (χ2v) is 4.89. The Morgan fingerprint density at radius 2 is 1.81 bits per heavy atom. The van der Waals surface area contributed by atoms with Crippen LogP contribution in [0.1, 0.15) is 27.0 Å². The fourth-order valence-electron chi connectivity index (χ4n) is 2.19. The van der Waals surface area contributed by atoms with Crippen molar-refractivity contribution in [3.63, 3.8) is 0 Å². The molecule has 0 unspecified atom stereocenters. The summed E-state index contributed by atoms with van der Waals surface area (Å²) in [6, 6.07) is 10.1. The number of nitro benzene ring substituents is 1. The van der Waals surface area contributed by atoms with Crippen LogP contribution in [0.3, 0.4) is 0 Å². The van der Waals surface area contributed by atoms with Crippen molar-refractivity contribution in [3.8, 4) is 5.75 Å². The number of aryl methyl sites for hydroxylation is 2. The standard InChI is InChI=1S/C16H15NO4/c1-11-5-12(2)7-14(6-11)10-21-16-4-3-13(9-18)8-15(16)17(19)20/h3-9H,10H2,1-2H3. The van der Waals surface area contributed by atoms with E-state index >= 15 is 0 Å². The molecule has 5 heteroatoms. The number of rotatable bonds is 5. The molecule has 0 atom stereocenters. The number of hydrogen-bond acceptors (Lipinski definition) is 4. The second-order valence-electron chi connectivity index (χ2n) is 4.89. The minimum Gasteiger partial charge on any atom is -0.482 e. The van der Waals surface area contributed by atoms with Crippen molar-refractivity contribution in [1.82, 2.24) is 0 Å². The normalized spacial score (nSPS) is 10.2. The topological polar surface area (TPSA) is 69.4 Å². The van der Waals surface area contributed by atoms with Crippen LogP contribution in [0.4, 0.5) is 5.69 Å². The SMILES string of the molecule is Cc1cc(C)cc(COc2ccc(C=O)cc2[N+](=O)[O-])c1. The van der Waals surface area contributed by atoms with Crippen LogP contribution in [0.25, 0.3) is 0 Å². The number of carbonyl (C=O) groups excluding carboxylic acids is 1. The molecule has 0 aliphatic rings. The van der Waals surface area contributed by atoms with Crippen molar-refractivity contribution in [2.24, 2.45) is 0 Å². The third-order valence-corrected chi connectivity index (χ3v) is 2.99. The van der Waals surface area contributed by atoms with Crippen molar-refractivity contribution in [2.45, 2.75) is 20.5 Å². The number of nitro groups is 1. The van der Waals surface area contributed by atoms with E-state index in [2.05, 4.69) is 0 Å². The van der Waals surface area contributed by atoms with E-state index in [0.29, 0.717) is 6.29 Å². The molecule has 0 bridgehead atoms. The average Bonchev–Trinajstić information content (AvgIpc) is 2.43. The molecular weight excluding hydrogens is 270 g/mol. The van der Waals surface area contributed by atoms with E-state index in [1.54, 1.807) is 0 Å². The van der Waals surface area contributed by atoms with Gasteiger partial charge in [0.15, 0.2) is 5.75 Å². The van der Waals surface area contributed by atoms with Crippen molar-refractivity contribution in [1.29, 1.82) is 0 Å². The lowest BCUT2D eigenvalue weighted by molar-refractivity contribution is -0.386. The van der Waals surface area contributed by atoms with Gasteiger partial charge in [0.2, 0.25) is 0 Å². The van der Waals surface area contributed by atoms with Crippen molar-refractivity contribution < 1.29 is 14.5 Å². The van der Waals surface area contributed by atoms with Crippen molar-refractivity contribution >= 4 is 12.0 Å². The predicted octanol–water partition coefficient (Wildman–Crippen LogP) is 3.60. The Balaban J connectivity index is 2.23. The van der Waals surface area contributed by atoms with E-state index in [9.17, 15) is 14.9 Å². The molecule has 2 aromatic carbocycles. The molecule has 108 valence electrons. The highest BCUT2D eigenvalue weighted by Crippen LogP contribution is 2.28. The lowest BCUT2D eigenvalue weighted by Gasteiger charge is -2.09. The minimum absolute atomic E-state index is 0.157. The van der Waals surface area contributed by atoms with Crippen LogP contribution in [0.5, 0.6) is 5.75 Å². The number of benzene rings is 2. The number of hydrogen-bond donors (Lipinski definition) is 0. The maximum atomic E-state index is 11.0. The van der Waals surface area contributed by atoms with Gasteiger partial charge in [-0.3, -0.25) is 14.9 Å². The molecule has 21 heavy (non-hydrogen) atoms. The Hall–Kier alpha value is -2.69. The Kier molecular flexibility index (Phi) is 4.33. The maximum Gasteiger partial charge on any atom is 0.311 e. The summed E-state index contributed by atoms with van der Waals surface area (Å²) in [7, 11) is 0. The van der Waals surface area contributed by atoms with Gasteiger partial charge >= 0.3 is 5.69 Å². The molecule has 0 aliphatic heterocycles. The molecule has 0 spiro atoms. The fraction of sp³-hybridized carbons (Fsp3) is 0.188. The first-order chi connectivity index (χ1) is 9.99. The lowest BCUT2D eigenvalue weighted by atomic mass is 10.1. The van der Waals surface area contributed by atoms with E-state index in [1.807, 2.05) is 32.0 Å². The van der Waals surface area contributed by atoms with Gasteiger partial charge in [-0.25, -0.2) is 0 Å². The highest BCUT2D eigenvalue weighted by molar-refractivity contribution is 5.77. The largest absolute Gasteiger partial charge is 0.482 e. The van der Waals surface area contributed by atoms with Crippen molar-refractivity contribution in [3.05, 3.63) is 68.8 Å². The zero-order valence-electron chi connectivity index (χ0n) is 11.8. The quantitative estimate of drug-likeness (QED) is 0.478. The number of nitrogens with zero attached hydrogens (tertiary/aromatic N) is 1. The first kappa shape index (κ1) is 14.7. The number of aldehydes is 1. The molecule has 0 saturated heterocycles. The van der Waals surface area contributed by atoms with Crippen LogP contribution in [0.15, 0.2) is 36.4 Å². The maximum absolute atomic E-state index is 11.0. The monoisotopic (exact) mass is 285 g/mol. The van der Waals surface area contributed by atoms with E-state index in [4.69, 9.17) is 4.74 Å². The zero-order valence-corrected chi connectivity index (χ0v) is 11.8.